The summed E-state index contributed by atoms with van der Waals surface area (Å²) in [6.45, 7) is 3.76. The standard InChI is InChI=1S/C17H19N3O3/c1-3-22-15-8-12(9-18)4-7-14(15)23-10-16(21)20-17(2,11-19)13-5-6-13/h4,7-8,13H,3,5-6,10H2,1-2H3,(H,20,21). The highest BCUT2D eigenvalue weighted by atomic mass is 16.5. The van der Waals surface area contributed by atoms with Crippen molar-refractivity contribution in [1.82, 2.24) is 5.32 Å². The Morgan fingerprint density at radius 3 is 2.65 bits per heavy atom. The number of carbonyl (C=O) groups is 1. The zero-order valence-corrected chi connectivity index (χ0v) is 13.3. The summed E-state index contributed by atoms with van der Waals surface area (Å²) in [6, 6.07) is 8.96. The van der Waals surface area contributed by atoms with Crippen LogP contribution in [0.4, 0.5) is 0 Å². The molecule has 1 unspecified atom stereocenters. The molecule has 1 fully saturated rings. The number of nitrogens with zero attached hydrogens (tertiary/aromatic N) is 2. The van der Waals surface area contributed by atoms with Crippen molar-refractivity contribution >= 4 is 5.91 Å². The molecule has 1 aliphatic carbocycles. The normalized spacial score (nSPS) is 15.7. The fourth-order valence-corrected chi connectivity index (χ4v) is 2.32. The lowest BCUT2D eigenvalue weighted by Crippen LogP contribution is -2.48. The van der Waals surface area contributed by atoms with Crippen LogP contribution in [0.3, 0.4) is 0 Å². The fraction of sp³-hybridized carbons (Fsp3) is 0.471. The van der Waals surface area contributed by atoms with Gasteiger partial charge in [-0.3, -0.25) is 4.79 Å². The van der Waals surface area contributed by atoms with Gasteiger partial charge in [0.1, 0.15) is 5.54 Å². The Morgan fingerprint density at radius 2 is 2.09 bits per heavy atom. The first-order valence-corrected chi connectivity index (χ1v) is 7.54. The van der Waals surface area contributed by atoms with Gasteiger partial charge >= 0.3 is 0 Å². The quantitative estimate of drug-likeness (QED) is 0.832. The van der Waals surface area contributed by atoms with Gasteiger partial charge in [0.15, 0.2) is 18.1 Å². The van der Waals surface area contributed by atoms with Crippen LogP contribution in [0, 0.1) is 28.6 Å². The Morgan fingerprint density at radius 1 is 1.35 bits per heavy atom. The molecule has 0 bridgehead atoms. The van der Waals surface area contributed by atoms with Crippen LogP contribution in [0.1, 0.15) is 32.3 Å². The number of rotatable bonds is 7. The molecule has 2 rings (SSSR count). The summed E-state index contributed by atoms with van der Waals surface area (Å²) in [6.07, 6.45) is 1.91. The van der Waals surface area contributed by atoms with Crippen molar-refractivity contribution in [3.63, 3.8) is 0 Å². The number of amides is 1. The summed E-state index contributed by atoms with van der Waals surface area (Å²) >= 11 is 0. The average molecular weight is 313 g/mol. The Labute approximate surface area is 135 Å². The molecule has 1 N–H and O–H groups in total. The molecule has 0 aromatic heterocycles. The summed E-state index contributed by atoms with van der Waals surface area (Å²) in [4.78, 5) is 12.0. The van der Waals surface area contributed by atoms with Crippen LogP contribution in [0.25, 0.3) is 0 Å². The third kappa shape index (κ3) is 4.14. The molecule has 6 heteroatoms. The van der Waals surface area contributed by atoms with Crippen molar-refractivity contribution in [3.05, 3.63) is 23.8 Å². The van der Waals surface area contributed by atoms with Crippen molar-refractivity contribution in [2.45, 2.75) is 32.2 Å². The van der Waals surface area contributed by atoms with Crippen LogP contribution in [-0.2, 0) is 4.79 Å². The van der Waals surface area contributed by atoms with E-state index >= 15 is 0 Å². The Bertz CT molecular complexity index is 671. The third-order valence-corrected chi connectivity index (χ3v) is 3.76. The van der Waals surface area contributed by atoms with Crippen LogP contribution in [0.15, 0.2) is 18.2 Å². The number of hydrogen-bond donors (Lipinski definition) is 1. The van der Waals surface area contributed by atoms with Crippen molar-refractivity contribution < 1.29 is 14.3 Å². The molecule has 1 amide bonds. The molecule has 6 nitrogen and oxygen atoms in total. The second-order valence-electron chi connectivity index (χ2n) is 5.63. The number of nitriles is 2. The van der Waals surface area contributed by atoms with E-state index in [0.29, 0.717) is 23.7 Å². The first-order chi connectivity index (χ1) is 11.0. The first kappa shape index (κ1) is 16.6. The fourth-order valence-electron chi connectivity index (χ4n) is 2.32. The van der Waals surface area contributed by atoms with Gasteiger partial charge < -0.3 is 14.8 Å². The van der Waals surface area contributed by atoms with E-state index in [9.17, 15) is 10.1 Å². The number of hydrogen-bond acceptors (Lipinski definition) is 5. The predicted molar refractivity (Wildman–Crippen MR) is 82.7 cm³/mol. The number of ether oxygens (including phenoxy) is 2. The van der Waals surface area contributed by atoms with Crippen LogP contribution in [0.2, 0.25) is 0 Å². The zero-order valence-electron chi connectivity index (χ0n) is 13.3. The molecule has 0 heterocycles. The highest BCUT2D eigenvalue weighted by Crippen LogP contribution is 2.39. The minimum absolute atomic E-state index is 0.212. The molecule has 1 atom stereocenters. The molecule has 0 saturated heterocycles. The van der Waals surface area contributed by atoms with Gasteiger partial charge in [0.05, 0.1) is 24.3 Å². The summed E-state index contributed by atoms with van der Waals surface area (Å²) < 4.78 is 10.9. The van der Waals surface area contributed by atoms with Crippen LogP contribution < -0.4 is 14.8 Å². The summed E-state index contributed by atoms with van der Waals surface area (Å²) in [5.41, 5.74) is -0.385. The molecule has 0 radical (unpaired) electrons. The van der Waals surface area contributed by atoms with Crippen LogP contribution in [0.5, 0.6) is 11.5 Å². The van der Waals surface area contributed by atoms with Crippen molar-refractivity contribution in [2.75, 3.05) is 13.2 Å². The van der Waals surface area contributed by atoms with Gasteiger partial charge in [-0.25, -0.2) is 0 Å². The van der Waals surface area contributed by atoms with Gasteiger partial charge in [0.25, 0.3) is 5.91 Å². The van der Waals surface area contributed by atoms with E-state index in [0.717, 1.165) is 12.8 Å². The molecule has 1 saturated carbocycles. The maximum Gasteiger partial charge on any atom is 0.259 e. The SMILES string of the molecule is CCOc1cc(C#N)ccc1OCC(=O)NC(C)(C#N)C1CC1. The summed E-state index contributed by atoms with van der Waals surface area (Å²) in [5, 5.41) is 20.9. The first-order valence-electron chi connectivity index (χ1n) is 7.54. The second kappa shape index (κ2) is 7.02. The number of carbonyl (C=O) groups excluding carboxylic acids is 1. The van der Waals surface area contributed by atoms with Crippen molar-refractivity contribution in [2.24, 2.45) is 5.92 Å². The molecule has 1 aromatic rings. The van der Waals surface area contributed by atoms with Gasteiger partial charge in [0, 0.05) is 6.07 Å². The monoisotopic (exact) mass is 313 g/mol. The largest absolute Gasteiger partial charge is 0.490 e. The number of benzene rings is 1. The van der Waals surface area contributed by atoms with Crippen molar-refractivity contribution in [1.29, 1.82) is 10.5 Å². The summed E-state index contributed by atoms with van der Waals surface area (Å²) in [5.74, 6) is 0.675. The van der Waals surface area contributed by atoms with Gasteiger partial charge in [-0.05, 0) is 44.7 Å². The smallest absolute Gasteiger partial charge is 0.259 e. The third-order valence-electron chi connectivity index (χ3n) is 3.76. The Balaban J connectivity index is 1.99. The van der Waals surface area contributed by atoms with Crippen LogP contribution >= 0.6 is 0 Å². The summed E-state index contributed by atoms with van der Waals surface area (Å²) in [7, 11) is 0. The van der Waals surface area contributed by atoms with Crippen molar-refractivity contribution in [3.8, 4) is 23.6 Å². The van der Waals surface area contributed by atoms with Gasteiger partial charge in [-0.2, -0.15) is 10.5 Å². The maximum absolute atomic E-state index is 12.0. The zero-order chi connectivity index (χ0) is 16.9. The van der Waals surface area contributed by atoms with E-state index in [4.69, 9.17) is 14.7 Å². The topological polar surface area (TPSA) is 95.1 Å². The molecule has 0 spiro atoms. The number of nitrogens with one attached hydrogen (secondary N) is 1. The van der Waals surface area contributed by atoms with Gasteiger partial charge in [-0.15, -0.1) is 0 Å². The van der Waals surface area contributed by atoms with E-state index in [-0.39, 0.29) is 18.4 Å². The average Bonchev–Trinajstić information content (AvgIpc) is 3.39. The molecular weight excluding hydrogens is 294 g/mol. The lowest BCUT2D eigenvalue weighted by Gasteiger charge is -2.23. The van der Waals surface area contributed by atoms with E-state index < -0.39 is 5.54 Å². The molecule has 1 aromatic carbocycles. The maximum atomic E-state index is 12.0. The molecule has 120 valence electrons. The van der Waals surface area contributed by atoms with E-state index in [1.54, 1.807) is 25.1 Å². The van der Waals surface area contributed by atoms with E-state index in [1.165, 1.54) is 0 Å². The predicted octanol–water partition coefficient (Wildman–Crippen LogP) is 2.14. The van der Waals surface area contributed by atoms with E-state index in [1.807, 2.05) is 13.0 Å². The highest BCUT2D eigenvalue weighted by Gasteiger charge is 2.43. The van der Waals surface area contributed by atoms with Gasteiger partial charge in [0.2, 0.25) is 0 Å². The second-order valence-corrected chi connectivity index (χ2v) is 5.63. The molecule has 1 aliphatic rings. The Kier molecular flexibility index (Phi) is 5.08. The minimum atomic E-state index is -0.839. The lowest BCUT2D eigenvalue weighted by molar-refractivity contribution is -0.124. The molecule has 23 heavy (non-hydrogen) atoms. The molecule has 0 aliphatic heterocycles. The van der Waals surface area contributed by atoms with Crippen LogP contribution in [-0.4, -0.2) is 24.7 Å². The Hall–Kier alpha value is -2.73. The van der Waals surface area contributed by atoms with E-state index in [2.05, 4.69) is 11.4 Å². The highest BCUT2D eigenvalue weighted by molar-refractivity contribution is 5.79. The lowest BCUT2D eigenvalue weighted by atomic mass is 9.98. The minimum Gasteiger partial charge on any atom is -0.490 e. The molecular formula is C17H19N3O3. The van der Waals surface area contributed by atoms with Gasteiger partial charge in [-0.1, -0.05) is 0 Å².